The molecule has 6 nitrogen and oxygen atoms in total. The van der Waals surface area contributed by atoms with E-state index in [1.807, 2.05) is 26.8 Å². The average molecular weight is 506 g/mol. The molecule has 1 heterocycles. The van der Waals surface area contributed by atoms with Crippen molar-refractivity contribution in [2.45, 2.75) is 65.2 Å². The maximum Gasteiger partial charge on any atom is 0.416 e. The van der Waals surface area contributed by atoms with Crippen molar-refractivity contribution in [1.29, 1.82) is 0 Å². The molecule has 36 heavy (non-hydrogen) atoms. The summed E-state index contributed by atoms with van der Waals surface area (Å²) in [5, 5.41) is 0. The fraction of sp³-hybridized carbons (Fsp3) is 0.481. The van der Waals surface area contributed by atoms with Crippen LogP contribution in [-0.4, -0.2) is 36.6 Å². The van der Waals surface area contributed by atoms with Crippen LogP contribution in [0.1, 0.15) is 52.2 Å². The molecule has 0 fully saturated rings. The van der Waals surface area contributed by atoms with Gasteiger partial charge in [0.1, 0.15) is 23.1 Å². The van der Waals surface area contributed by atoms with E-state index < -0.39 is 17.3 Å². The Bertz CT molecular complexity index is 1110. The molecule has 0 unspecified atom stereocenters. The van der Waals surface area contributed by atoms with Gasteiger partial charge in [-0.05, 0) is 69.4 Å². The van der Waals surface area contributed by atoms with Gasteiger partial charge in [0.05, 0.1) is 18.8 Å². The van der Waals surface area contributed by atoms with Crippen molar-refractivity contribution in [2.24, 2.45) is 15.9 Å². The number of alkyl halides is 3. The van der Waals surface area contributed by atoms with Crippen LogP contribution in [0.25, 0.3) is 0 Å². The minimum atomic E-state index is -4.44. The molecule has 0 aromatic heterocycles. The van der Waals surface area contributed by atoms with Crippen LogP contribution in [0.5, 0.6) is 11.5 Å². The molecule has 0 bridgehead atoms. The molecule has 1 aliphatic heterocycles. The lowest BCUT2D eigenvalue weighted by Gasteiger charge is -2.34. The number of ether oxygens (including phenoxy) is 3. The molecular weight excluding hydrogens is 471 g/mol. The first-order chi connectivity index (χ1) is 17.0. The monoisotopic (exact) mass is 505 g/mol. The molecule has 0 amide bonds. The van der Waals surface area contributed by atoms with Crippen LogP contribution in [0.3, 0.4) is 0 Å². The smallest absolute Gasteiger partial charge is 0.416 e. The average Bonchev–Trinajstić information content (AvgIpc) is 2.80. The zero-order chi connectivity index (χ0) is 26.5. The third-order valence-corrected chi connectivity index (χ3v) is 5.93. The first-order valence-corrected chi connectivity index (χ1v) is 12.1. The van der Waals surface area contributed by atoms with Gasteiger partial charge >= 0.3 is 6.18 Å². The molecule has 2 aromatic carbocycles. The number of aliphatic imine (C=N–C) groups is 2. The topological polar surface area (TPSA) is 78.4 Å². The lowest BCUT2D eigenvalue weighted by molar-refractivity contribution is -0.137. The summed E-state index contributed by atoms with van der Waals surface area (Å²) >= 11 is 0. The Morgan fingerprint density at radius 1 is 1.03 bits per heavy atom. The maximum atomic E-state index is 13.0. The van der Waals surface area contributed by atoms with Crippen molar-refractivity contribution >= 4 is 17.5 Å². The predicted octanol–water partition coefficient (Wildman–Crippen LogP) is 6.68. The Balaban J connectivity index is 1.77. The van der Waals surface area contributed by atoms with Gasteiger partial charge in [-0.25, -0.2) is 9.98 Å². The summed E-state index contributed by atoms with van der Waals surface area (Å²) in [5.74, 6) is 1.83. The number of anilines is 1. The van der Waals surface area contributed by atoms with Crippen LogP contribution in [0.2, 0.25) is 0 Å². The normalized spacial score (nSPS) is 20.1. The number of hydrogen-bond acceptors (Lipinski definition) is 6. The fourth-order valence-corrected chi connectivity index (χ4v) is 3.98. The van der Waals surface area contributed by atoms with Gasteiger partial charge in [-0.1, -0.05) is 26.0 Å². The number of aryl methyl sites for hydroxylation is 1. The second-order valence-electron chi connectivity index (χ2n) is 9.20. The molecule has 0 radical (unpaired) electrons. The molecule has 2 atom stereocenters. The lowest BCUT2D eigenvalue weighted by Crippen LogP contribution is -2.45. The van der Waals surface area contributed by atoms with Crippen LogP contribution in [0.15, 0.2) is 52.4 Å². The van der Waals surface area contributed by atoms with Crippen molar-refractivity contribution in [1.82, 2.24) is 0 Å². The Hall–Kier alpha value is -3.23. The Morgan fingerprint density at radius 3 is 2.33 bits per heavy atom. The van der Waals surface area contributed by atoms with E-state index in [0.29, 0.717) is 49.3 Å². The van der Waals surface area contributed by atoms with Crippen molar-refractivity contribution in [2.75, 3.05) is 18.9 Å². The van der Waals surface area contributed by atoms with Gasteiger partial charge in [0.2, 0.25) is 11.8 Å². The summed E-state index contributed by atoms with van der Waals surface area (Å²) in [7, 11) is 0. The van der Waals surface area contributed by atoms with Gasteiger partial charge in [0.25, 0.3) is 0 Å². The number of halogens is 3. The van der Waals surface area contributed by atoms with Crippen LogP contribution >= 0.6 is 0 Å². The number of hydrogen-bond donors (Lipinski definition) is 1. The first-order valence-electron chi connectivity index (χ1n) is 12.1. The summed E-state index contributed by atoms with van der Waals surface area (Å²) in [5.41, 5.74) is 6.13. The third-order valence-electron chi connectivity index (χ3n) is 5.93. The molecule has 2 aromatic rings. The molecule has 0 spiro atoms. The van der Waals surface area contributed by atoms with E-state index in [-0.39, 0.29) is 17.7 Å². The van der Waals surface area contributed by atoms with Gasteiger partial charge in [-0.15, -0.1) is 0 Å². The second kappa shape index (κ2) is 11.2. The lowest BCUT2D eigenvalue weighted by atomic mass is 9.90. The predicted molar refractivity (Wildman–Crippen MR) is 136 cm³/mol. The summed E-state index contributed by atoms with van der Waals surface area (Å²) in [6, 6.07) is 9.65. The van der Waals surface area contributed by atoms with Crippen LogP contribution < -0.4 is 10.5 Å². The van der Waals surface area contributed by atoms with Crippen LogP contribution in [0.4, 0.5) is 18.9 Å². The van der Waals surface area contributed by atoms with Crippen molar-refractivity contribution in [3.05, 3.63) is 53.6 Å². The highest BCUT2D eigenvalue weighted by atomic mass is 19.4. The third kappa shape index (κ3) is 6.50. The minimum Gasteiger partial charge on any atom is -0.480 e. The molecule has 1 aliphatic rings. The minimum absolute atomic E-state index is 0.0850. The molecule has 0 saturated heterocycles. The zero-order valence-corrected chi connectivity index (χ0v) is 21.4. The second-order valence-corrected chi connectivity index (χ2v) is 9.20. The zero-order valence-electron chi connectivity index (χ0n) is 21.4. The largest absolute Gasteiger partial charge is 0.480 e. The quantitative estimate of drug-likeness (QED) is 0.406. The van der Waals surface area contributed by atoms with E-state index in [1.54, 1.807) is 12.1 Å². The van der Waals surface area contributed by atoms with E-state index in [0.717, 1.165) is 17.7 Å². The number of rotatable bonds is 8. The Morgan fingerprint density at radius 2 is 1.72 bits per heavy atom. The molecule has 9 heteroatoms. The molecule has 3 rings (SSSR count). The highest BCUT2D eigenvalue weighted by molar-refractivity contribution is 5.96. The summed E-state index contributed by atoms with van der Waals surface area (Å²) in [6.45, 7) is 10.9. The molecule has 0 saturated carbocycles. The molecule has 0 aliphatic carbocycles. The number of nitrogen functional groups attached to an aromatic ring is 1. The summed E-state index contributed by atoms with van der Waals surface area (Å²) in [4.78, 5) is 9.79. The van der Waals surface area contributed by atoms with Gasteiger partial charge in [-0.3, -0.25) is 0 Å². The Kier molecular flexibility index (Phi) is 8.53. The highest BCUT2D eigenvalue weighted by Crippen LogP contribution is 2.34. The van der Waals surface area contributed by atoms with Gasteiger partial charge in [-0.2, -0.15) is 13.2 Å². The molecule has 2 N–H and O–H groups in total. The summed E-state index contributed by atoms with van der Waals surface area (Å²) in [6.07, 6.45) is -3.29. The van der Waals surface area contributed by atoms with Crippen molar-refractivity contribution < 1.29 is 27.4 Å². The standard InChI is InChI=1S/C27H34F3N3O3/c1-6-34-24-23(17(3)4)32-25(35-7-2)26(5,33-24)14-13-18-11-12-21(16-22(18)31)36-20-10-8-9-19(15-20)27(28,29)30/h8-12,15-17,23H,6-7,13-14,31H2,1-5H3/t23-,26+/m0/s1. The molecular formula is C27H34F3N3O3. The van der Waals surface area contributed by atoms with Crippen LogP contribution in [0, 0.1) is 5.92 Å². The van der Waals surface area contributed by atoms with Crippen molar-refractivity contribution in [3.8, 4) is 11.5 Å². The number of nitrogens with zero attached hydrogens (tertiary/aromatic N) is 2. The number of nitrogens with two attached hydrogens (primary N) is 1. The first kappa shape index (κ1) is 27.4. The Labute approximate surface area is 210 Å². The van der Waals surface area contributed by atoms with E-state index in [2.05, 4.69) is 13.8 Å². The fourth-order valence-electron chi connectivity index (χ4n) is 3.98. The van der Waals surface area contributed by atoms with Crippen LogP contribution in [-0.2, 0) is 22.1 Å². The van der Waals surface area contributed by atoms with E-state index in [9.17, 15) is 13.2 Å². The van der Waals surface area contributed by atoms with E-state index in [1.165, 1.54) is 12.1 Å². The number of benzene rings is 2. The van der Waals surface area contributed by atoms with Gasteiger partial charge < -0.3 is 19.9 Å². The van der Waals surface area contributed by atoms with Gasteiger partial charge in [0.15, 0.2) is 0 Å². The molecule has 196 valence electrons. The highest BCUT2D eigenvalue weighted by Gasteiger charge is 2.40. The van der Waals surface area contributed by atoms with Gasteiger partial charge in [0, 0.05) is 11.8 Å². The summed E-state index contributed by atoms with van der Waals surface area (Å²) < 4.78 is 56.3. The maximum absolute atomic E-state index is 13.0. The van der Waals surface area contributed by atoms with E-state index >= 15 is 0 Å². The van der Waals surface area contributed by atoms with Crippen molar-refractivity contribution in [3.63, 3.8) is 0 Å². The van der Waals surface area contributed by atoms with E-state index in [4.69, 9.17) is 29.9 Å². The SMILES string of the molecule is CCOC1=N[C@](C)(CCc2ccc(Oc3cccc(C(F)(F)F)c3)cc2N)C(OCC)=N[C@H]1C(C)C.